The van der Waals surface area contributed by atoms with Crippen LogP contribution in [0.15, 0.2) is 24.3 Å². The number of nitrogens with zero attached hydrogens (tertiary/aromatic N) is 2. The number of aryl methyl sites for hydroxylation is 2. The molecule has 0 radical (unpaired) electrons. The van der Waals surface area contributed by atoms with Crippen molar-refractivity contribution in [3.05, 3.63) is 46.0 Å². The number of hydrogen-bond acceptors (Lipinski definition) is 4. The van der Waals surface area contributed by atoms with E-state index >= 15 is 0 Å². The standard InChI is InChI=1S/C24H33N3O2S/c1-4-6-15-27(16-7-5-2)23(29)19-9-8-10-20-21(19)25-24(30-20)26-22(28)18-13-11-17(3)12-14-18/h11-14,19H,4-10,15-16H2,1-3H3,(H,25,26,28). The Morgan fingerprint density at radius 1 is 1.13 bits per heavy atom. The second kappa shape index (κ2) is 10.7. The lowest BCUT2D eigenvalue weighted by molar-refractivity contribution is -0.133. The molecular formula is C24H33N3O2S. The van der Waals surface area contributed by atoms with Gasteiger partial charge in [0.2, 0.25) is 5.91 Å². The number of nitrogens with one attached hydrogen (secondary N) is 1. The van der Waals surface area contributed by atoms with Crippen molar-refractivity contribution in [2.45, 2.75) is 71.6 Å². The largest absolute Gasteiger partial charge is 0.342 e. The fourth-order valence-electron chi connectivity index (χ4n) is 3.84. The number of benzene rings is 1. The molecule has 0 aliphatic heterocycles. The zero-order valence-corrected chi connectivity index (χ0v) is 19.2. The van der Waals surface area contributed by atoms with Crippen LogP contribution in [0.3, 0.4) is 0 Å². The Morgan fingerprint density at radius 3 is 2.43 bits per heavy atom. The van der Waals surface area contributed by atoms with E-state index in [1.807, 2.05) is 36.1 Å². The van der Waals surface area contributed by atoms with Crippen molar-refractivity contribution in [3.63, 3.8) is 0 Å². The highest BCUT2D eigenvalue weighted by molar-refractivity contribution is 7.16. The van der Waals surface area contributed by atoms with Gasteiger partial charge in [-0.15, -0.1) is 11.3 Å². The summed E-state index contributed by atoms with van der Waals surface area (Å²) in [6.07, 6.45) is 6.99. The fourth-order valence-corrected chi connectivity index (χ4v) is 4.90. The van der Waals surface area contributed by atoms with E-state index in [9.17, 15) is 9.59 Å². The van der Waals surface area contributed by atoms with Gasteiger partial charge in [-0.05, 0) is 51.2 Å². The quantitative estimate of drug-likeness (QED) is 0.570. The molecule has 1 N–H and O–H groups in total. The Hall–Kier alpha value is -2.21. The number of aromatic nitrogens is 1. The summed E-state index contributed by atoms with van der Waals surface area (Å²) < 4.78 is 0. The molecule has 0 saturated heterocycles. The summed E-state index contributed by atoms with van der Waals surface area (Å²) >= 11 is 1.52. The number of rotatable bonds is 9. The van der Waals surface area contributed by atoms with E-state index in [4.69, 9.17) is 4.98 Å². The molecule has 1 aliphatic carbocycles. The lowest BCUT2D eigenvalue weighted by Gasteiger charge is -2.29. The second-order valence-corrected chi connectivity index (χ2v) is 9.21. The summed E-state index contributed by atoms with van der Waals surface area (Å²) in [7, 11) is 0. The van der Waals surface area contributed by atoms with Crippen LogP contribution in [0, 0.1) is 6.92 Å². The Morgan fingerprint density at radius 2 is 1.80 bits per heavy atom. The molecule has 1 unspecified atom stereocenters. The highest BCUT2D eigenvalue weighted by Crippen LogP contribution is 2.38. The van der Waals surface area contributed by atoms with E-state index < -0.39 is 0 Å². The average Bonchev–Trinajstić information content (AvgIpc) is 3.16. The van der Waals surface area contributed by atoms with Gasteiger partial charge in [0.1, 0.15) is 0 Å². The maximum absolute atomic E-state index is 13.4. The van der Waals surface area contributed by atoms with Crippen molar-refractivity contribution in [2.24, 2.45) is 0 Å². The molecule has 1 aliphatic rings. The first kappa shape index (κ1) is 22.5. The van der Waals surface area contributed by atoms with Gasteiger partial charge < -0.3 is 4.90 Å². The van der Waals surface area contributed by atoms with Crippen LogP contribution in [0.5, 0.6) is 0 Å². The van der Waals surface area contributed by atoms with Gasteiger partial charge in [0, 0.05) is 23.5 Å². The summed E-state index contributed by atoms with van der Waals surface area (Å²) in [5, 5.41) is 3.53. The Balaban J connectivity index is 1.75. The van der Waals surface area contributed by atoms with E-state index in [1.165, 1.54) is 11.3 Å². The van der Waals surface area contributed by atoms with Gasteiger partial charge in [-0.2, -0.15) is 0 Å². The first-order valence-electron chi connectivity index (χ1n) is 11.2. The van der Waals surface area contributed by atoms with E-state index in [0.29, 0.717) is 10.7 Å². The third-order valence-corrected chi connectivity index (χ3v) is 6.71. The number of carbonyl (C=O) groups is 2. The summed E-state index contributed by atoms with van der Waals surface area (Å²) in [5.74, 6) is -0.125. The molecule has 5 nitrogen and oxygen atoms in total. The van der Waals surface area contributed by atoms with E-state index in [0.717, 1.165) is 74.2 Å². The lowest BCUT2D eigenvalue weighted by Crippen LogP contribution is -2.37. The van der Waals surface area contributed by atoms with Gasteiger partial charge in [0.15, 0.2) is 5.13 Å². The molecule has 1 aromatic carbocycles. The monoisotopic (exact) mass is 427 g/mol. The van der Waals surface area contributed by atoms with E-state index in [2.05, 4.69) is 19.2 Å². The highest BCUT2D eigenvalue weighted by atomic mass is 32.1. The van der Waals surface area contributed by atoms with E-state index in [1.54, 1.807) is 0 Å². The third-order valence-electron chi connectivity index (χ3n) is 5.66. The molecule has 6 heteroatoms. The molecule has 1 atom stereocenters. The van der Waals surface area contributed by atoms with Crippen LogP contribution in [0.4, 0.5) is 5.13 Å². The maximum atomic E-state index is 13.4. The van der Waals surface area contributed by atoms with Crippen molar-refractivity contribution < 1.29 is 9.59 Å². The first-order valence-corrected chi connectivity index (χ1v) is 12.0. The van der Waals surface area contributed by atoms with Crippen molar-refractivity contribution in [1.82, 2.24) is 9.88 Å². The SMILES string of the molecule is CCCCN(CCCC)C(=O)C1CCCc2sc(NC(=O)c3ccc(C)cc3)nc21. The van der Waals surface area contributed by atoms with Crippen LogP contribution in [0.2, 0.25) is 0 Å². The zero-order chi connectivity index (χ0) is 21.5. The van der Waals surface area contributed by atoms with Crippen molar-refractivity contribution in [3.8, 4) is 0 Å². The second-order valence-electron chi connectivity index (χ2n) is 8.12. The molecule has 3 rings (SSSR count). The third kappa shape index (κ3) is 5.48. The van der Waals surface area contributed by atoms with Crippen molar-refractivity contribution in [2.75, 3.05) is 18.4 Å². The predicted octanol–water partition coefficient (Wildman–Crippen LogP) is 5.55. The molecule has 1 heterocycles. The minimum absolute atomic E-state index is 0.156. The minimum atomic E-state index is -0.177. The molecule has 30 heavy (non-hydrogen) atoms. The number of unbranched alkanes of at least 4 members (excludes halogenated alkanes) is 2. The molecule has 1 aromatic heterocycles. The van der Waals surface area contributed by atoms with Crippen LogP contribution < -0.4 is 5.32 Å². The predicted molar refractivity (Wildman–Crippen MR) is 123 cm³/mol. The Kier molecular flexibility index (Phi) is 8.02. The summed E-state index contributed by atoms with van der Waals surface area (Å²) in [6.45, 7) is 7.96. The molecule has 0 fully saturated rings. The molecule has 2 aromatic rings. The van der Waals surface area contributed by atoms with Crippen LogP contribution in [-0.4, -0.2) is 34.8 Å². The smallest absolute Gasteiger partial charge is 0.257 e. The zero-order valence-electron chi connectivity index (χ0n) is 18.4. The van der Waals surface area contributed by atoms with E-state index in [-0.39, 0.29) is 17.7 Å². The Labute approximate surface area is 183 Å². The molecule has 162 valence electrons. The topological polar surface area (TPSA) is 62.3 Å². The van der Waals surface area contributed by atoms with Gasteiger partial charge in [-0.25, -0.2) is 4.98 Å². The normalized spacial score (nSPS) is 15.5. The number of hydrogen-bond donors (Lipinski definition) is 1. The fraction of sp³-hybridized carbons (Fsp3) is 0.542. The van der Waals surface area contributed by atoms with Gasteiger partial charge in [0.25, 0.3) is 5.91 Å². The number of anilines is 1. The number of carbonyl (C=O) groups excluding carboxylic acids is 2. The van der Waals surface area contributed by atoms with Crippen LogP contribution >= 0.6 is 11.3 Å². The number of amides is 2. The Bertz CT molecular complexity index is 852. The summed E-state index contributed by atoms with van der Waals surface area (Å²) in [5.41, 5.74) is 2.62. The molecule has 2 amide bonds. The van der Waals surface area contributed by atoms with Gasteiger partial charge >= 0.3 is 0 Å². The van der Waals surface area contributed by atoms with Gasteiger partial charge in [-0.1, -0.05) is 44.4 Å². The van der Waals surface area contributed by atoms with Crippen LogP contribution in [0.25, 0.3) is 0 Å². The maximum Gasteiger partial charge on any atom is 0.257 e. The molecule has 0 saturated carbocycles. The number of thiazole rings is 1. The van der Waals surface area contributed by atoms with Crippen molar-refractivity contribution >= 4 is 28.3 Å². The summed E-state index contributed by atoms with van der Waals surface area (Å²) in [6, 6.07) is 7.50. The molecular weight excluding hydrogens is 394 g/mol. The first-order chi connectivity index (χ1) is 14.5. The number of fused-ring (bicyclic) bond motifs is 1. The highest BCUT2D eigenvalue weighted by Gasteiger charge is 2.33. The van der Waals surface area contributed by atoms with Gasteiger partial charge in [-0.3, -0.25) is 14.9 Å². The lowest BCUT2D eigenvalue weighted by atomic mass is 9.89. The van der Waals surface area contributed by atoms with Crippen molar-refractivity contribution in [1.29, 1.82) is 0 Å². The average molecular weight is 428 g/mol. The van der Waals surface area contributed by atoms with Gasteiger partial charge in [0.05, 0.1) is 11.6 Å². The summed E-state index contributed by atoms with van der Waals surface area (Å²) in [4.78, 5) is 33.8. The minimum Gasteiger partial charge on any atom is -0.342 e. The van der Waals surface area contributed by atoms with Crippen LogP contribution in [-0.2, 0) is 11.2 Å². The van der Waals surface area contributed by atoms with Crippen LogP contribution in [0.1, 0.15) is 84.8 Å². The molecule has 0 spiro atoms. The molecule has 0 bridgehead atoms.